The summed E-state index contributed by atoms with van der Waals surface area (Å²) in [5.41, 5.74) is 5.45. The van der Waals surface area contributed by atoms with Crippen LogP contribution in [0.3, 0.4) is 0 Å². The molecule has 2 aromatic rings. The van der Waals surface area contributed by atoms with Crippen LogP contribution in [0.1, 0.15) is 40.8 Å². The molecule has 0 radical (unpaired) electrons. The predicted molar refractivity (Wildman–Crippen MR) is 80.2 cm³/mol. The molecule has 0 amide bonds. The van der Waals surface area contributed by atoms with Gasteiger partial charge in [-0.3, -0.25) is 0 Å². The first-order valence-corrected chi connectivity index (χ1v) is 7.09. The number of hydrogen-bond acceptors (Lipinski definition) is 2. The highest BCUT2D eigenvalue weighted by Crippen LogP contribution is 2.33. The summed E-state index contributed by atoms with van der Waals surface area (Å²) in [6.45, 7) is 6.18. The van der Waals surface area contributed by atoms with Crippen LogP contribution in [0.2, 0.25) is 0 Å². The molecule has 1 aliphatic heterocycles. The molecular weight excluding hydrogens is 248 g/mol. The van der Waals surface area contributed by atoms with E-state index in [0.717, 1.165) is 28.9 Å². The van der Waals surface area contributed by atoms with Crippen LogP contribution < -0.4 is 4.74 Å². The summed E-state index contributed by atoms with van der Waals surface area (Å²) in [5.74, 6) is 0.953. The number of hydrogen-bond donors (Lipinski definition) is 1. The predicted octanol–water partition coefficient (Wildman–Crippen LogP) is 3.71. The van der Waals surface area contributed by atoms with E-state index in [1.165, 1.54) is 11.1 Å². The lowest BCUT2D eigenvalue weighted by Gasteiger charge is -2.15. The lowest BCUT2D eigenvalue weighted by Crippen LogP contribution is -2.05. The maximum Gasteiger partial charge on any atom is 0.123 e. The van der Waals surface area contributed by atoms with Gasteiger partial charge in [0.25, 0.3) is 0 Å². The summed E-state index contributed by atoms with van der Waals surface area (Å²) < 4.78 is 5.71. The molecule has 20 heavy (non-hydrogen) atoms. The van der Waals surface area contributed by atoms with Crippen LogP contribution in [0.25, 0.3) is 0 Å². The minimum Gasteiger partial charge on any atom is -0.490 e. The summed E-state index contributed by atoms with van der Waals surface area (Å²) >= 11 is 0. The second-order valence-corrected chi connectivity index (χ2v) is 5.76. The van der Waals surface area contributed by atoms with Gasteiger partial charge in [-0.2, -0.15) is 0 Å². The molecule has 2 atom stereocenters. The highest BCUT2D eigenvalue weighted by Gasteiger charge is 2.21. The first kappa shape index (κ1) is 13.2. The molecule has 3 rings (SSSR count). The van der Waals surface area contributed by atoms with Gasteiger partial charge in [0, 0.05) is 6.42 Å². The van der Waals surface area contributed by atoms with Crippen molar-refractivity contribution in [2.45, 2.75) is 39.4 Å². The summed E-state index contributed by atoms with van der Waals surface area (Å²) in [5, 5.41) is 10.6. The Morgan fingerprint density at radius 1 is 1.15 bits per heavy atom. The van der Waals surface area contributed by atoms with Crippen molar-refractivity contribution in [3.63, 3.8) is 0 Å². The zero-order chi connectivity index (χ0) is 14.3. The molecule has 2 unspecified atom stereocenters. The van der Waals surface area contributed by atoms with E-state index in [0.29, 0.717) is 0 Å². The van der Waals surface area contributed by atoms with E-state index < -0.39 is 6.10 Å². The van der Waals surface area contributed by atoms with E-state index in [9.17, 15) is 5.11 Å². The number of aryl methyl sites for hydroxylation is 2. The van der Waals surface area contributed by atoms with E-state index in [4.69, 9.17) is 4.74 Å². The van der Waals surface area contributed by atoms with Gasteiger partial charge in [0.05, 0.1) is 0 Å². The second kappa shape index (κ2) is 4.95. The van der Waals surface area contributed by atoms with Crippen molar-refractivity contribution >= 4 is 0 Å². The van der Waals surface area contributed by atoms with Gasteiger partial charge in [-0.15, -0.1) is 0 Å². The molecule has 1 N–H and O–H groups in total. The largest absolute Gasteiger partial charge is 0.490 e. The molecule has 0 saturated heterocycles. The molecule has 0 saturated carbocycles. The quantitative estimate of drug-likeness (QED) is 0.899. The molecule has 2 nitrogen and oxygen atoms in total. The van der Waals surface area contributed by atoms with E-state index in [2.05, 4.69) is 26.0 Å². The third kappa shape index (κ3) is 2.32. The fraction of sp³-hybridized carbons (Fsp3) is 0.333. The zero-order valence-corrected chi connectivity index (χ0v) is 12.2. The maximum atomic E-state index is 10.6. The van der Waals surface area contributed by atoms with E-state index in [1.807, 2.05) is 31.2 Å². The minimum absolute atomic E-state index is 0.235. The highest BCUT2D eigenvalue weighted by molar-refractivity contribution is 5.44. The molecule has 0 aliphatic carbocycles. The topological polar surface area (TPSA) is 29.5 Å². The molecular formula is C18H20O2. The summed E-state index contributed by atoms with van der Waals surface area (Å²) in [4.78, 5) is 0. The van der Waals surface area contributed by atoms with Crippen LogP contribution in [0, 0.1) is 13.8 Å². The lowest BCUT2D eigenvalue weighted by atomic mass is 9.94. The molecule has 1 heterocycles. The smallest absolute Gasteiger partial charge is 0.123 e. The summed E-state index contributed by atoms with van der Waals surface area (Å²) in [6, 6.07) is 12.2. The van der Waals surface area contributed by atoms with Gasteiger partial charge in [-0.1, -0.05) is 29.8 Å². The van der Waals surface area contributed by atoms with Gasteiger partial charge in [0.15, 0.2) is 0 Å². The molecule has 0 fully saturated rings. The first-order chi connectivity index (χ1) is 9.54. The number of aliphatic hydroxyl groups excluding tert-OH is 1. The van der Waals surface area contributed by atoms with Crippen molar-refractivity contribution in [1.29, 1.82) is 0 Å². The molecule has 0 bridgehead atoms. The summed E-state index contributed by atoms with van der Waals surface area (Å²) in [6.07, 6.45) is 0.582. The molecule has 104 valence electrons. The van der Waals surface area contributed by atoms with Crippen molar-refractivity contribution in [3.8, 4) is 5.75 Å². The molecule has 1 aliphatic rings. The SMILES string of the molecule is Cc1ccc(C(O)c2ccc3c(c2)CC(C)O3)c(C)c1. The second-order valence-electron chi connectivity index (χ2n) is 5.76. The van der Waals surface area contributed by atoms with Crippen LogP contribution in [-0.2, 0) is 6.42 Å². The van der Waals surface area contributed by atoms with Gasteiger partial charge in [-0.05, 0) is 55.2 Å². The first-order valence-electron chi connectivity index (χ1n) is 7.09. The van der Waals surface area contributed by atoms with Crippen LogP contribution in [0.5, 0.6) is 5.75 Å². The van der Waals surface area contributed by atoms with Crippen LogP contribution in [0.15, 0.2) is 36.4 Å². The number of rotatable bonds is 2. The number of fused-ring (bicyclic) bond motifs is 1. The maximum absolute atomic E-state index is 10.6. The van der Waals surface area contributed by atoms with Crippen LogP contribution in [-0.4, -0.2) is 11.2 Å². The average molecular weight is 268 g/mol. The fourth-order valence-corrected chi connectivity index (χ4v) is 2.92. The fourth-order valence-electron chi connectivity index (χ4n) is 2.92. The average Bonchev–Trinajstić information content (AvgIpc) is 2.77. The number of benzene rings is 2. The third-order valence-corrected chi connectivity index (χ3v) is 3.96. The standard InChI is InChI=1S/C18H20O2/c1-11-4-6-16(12(2)8-11)18(19)14-5-7-17-15(10-14)9-13(3)20-17/h4-8,10,13,18-19H,9H2,1-3H3. The Morgan fingerprint density at radius 3 is 2.70 bits per heavy atom. The third-order valence-electron chi connectivity index (χ3n) is 3.96. The van der Waals surface area contributed by atoms with Crippen LogP contribution >= 0.6 is 0 Å². The van der Waals surface area contributed by atoms with Crippen molar-refractivity contribution < 1.29 is 9.84 Å². The van der Waals surface area contributed by atoms with E-state index in [1.54, 1.807) is 0 Å². The Bertz CT molecular complexity index is 646. The normalized spacial score (nSPS) is 18.5. The molecule has 2 heteroatoms. The van der Waals surface area contributed by atoms with Crippen molar-refractivity contribution in [2.24, 2.45) is 0 Å². The monoisotopic (exact) mass is 268 g/mol. The molecule has 0 aromatic heterocycles. The Labute approximate surface area is 120 Å². The summed E-state index contributed by atoms with van der Waals surface area (Å²) in [7, 11) is 0. The van der Waals surface area contributed by atoms with Crippen molar-refractivity contribution in [2.75, 3.05) is 0 Å². The van der Waals surface area contributed by atoms with Gasteiger partial charge in [0.2, 0.25) is 0 Å². The highest BCUT2D eigenvalue weighted by atomic mass is 16.5. The zero-order valence-electron chi connectivity index (χ0n) is 12.2. The Hall–Kier alpha value is -1.80. The number of ether oxygens (including phenoxy) is 1. The Balaban J connectivity index is 1.95. The van der Waals surface area contributed by atoms with E-state index >= 15 is 0 Å². The van der Waals surface area contributed by atoms with Crippen LogP contribution in [0.4, 0.5) is 0 Å². The molecule has 2 aromatic carbocycles. The van der Waals surface area contributed by atoms with Gasteiger partial charge < -0.3 is 9.84 Å². The minimum atomic E-state index is -0.572. The number of aliphatic hydroxyl groups is 1. The lowest BCUT2D eigenvalue weighted by molar-refractivity contribution is 0.219. The van der Waals surface area contributed by atoms with Crippen molar-refractivity contribution in [3.05, 3.63) is 64.2 Å². The van der Waals surface area contributed by atoms with Gasteiger partial charge in [-0.25, -0.2) is 0 Å². The Kier molecular flexibility index (Phi) is 3.27. The van der Waals surface area contributed by atoms with Gasteiger partial charge in [0.1, 0.15) is 18.0 Å². The molecule has 0 spiro atoms. The Morgan fingerprint density at radius 2 is 1.95 bits per heavy atom. The van der Waals surface area contributed by atoms with Gasteiger partial charge >= 0.3 is 0 Å². The van der Waals surface area contributed by atoms with Crippen molar-refractivity contribution in [1.82, 2.24) is 0 Å². The van der Waals surface area contributed by atoms with E-state index in [-0.39, 0.29) is 6.10 Å².